The van der Waals surface area contributed by atoms with Gasteiger partial charge in [0.1, 0.15) is 0 Å². The van der Waals surface area contributed by atoms with E-state index < -0.39 is 0 Å². The van der Waals surface area contributed by atoms with Crippen molar-refractivity contribution in [1.82, 2.24) is 20.1 Å². The number of H-pyrrole nitrogens is 1. The molecular formula is C25H36N4O3S. The lowest BCUT2D eigenvalue weighted by Crippen LogP contribution is -2.45. The lowest BCUT2D eigenvalue weighted by Gasteiger charge is -2.29. The third-order valence-corrected chi connectivity index (χ3v) is 7.05. The molecule has 0 radical (unpaired) electrons. The minimum Gasteiger partial charge on any atom is -0.379 e. The molecule has 2 N–H and O–H groups in total. The molecular weight excluding hydrogens is 436 g/mol. The normalized spacial score (nSPS) is 19.2. The van der Waals surface area contributed by atoms with Crippen molar-refractivity contribution in [3.63, 3.8) is 0 Å². The van der Waals surface area contributed by atoms with E-state index in [0.717, 1.165) is 92.9 Å². The molecule has 2 aliphatic rings. The van der Waals surface area contributed by atoms with Crippen LogP contribution >= 0.6 is 12.2 Å². The molecule has 1 aromatic carbocycles. The Morgan fingerprint density at radius 3 is 2.79 bits per heavy atom. The standard InChI is InChI=1S/C25H36N4O3S/c1-18-6-7-19(2)23-22(18)15-20(24(30)27-23)16-29(17-21-5-3-12-32-21)25(33)26-8-4-9-28-10-13-31-14-11-28/h6-7,15,21H,3-5,8-14,16-17H2,1-2H3,(H,26,33)(H,27,30)/t21-/m1/s1. The summed E-state index contributed by atoms with van der Waals surface area (Å²) in [6.45, 7) is 11.5. The van der Waals surface area contributed by atoms with Crippen LogP contribution in [0.3, 0.4) is 0 Å². The van der Waals surface area contributed by atoms with Gasteiger partial charge in [0, 0.05) is 43.7 Å². The van der Waals surface area contributed by atoms with Crippen molar-refractivity contribution >= 4 is 28.2 Å². The lowest BCUT2D eigenvalue weighted by atomic mass is 10.0. The Morgan fingerprint density at radius 2 is 2.03 bits per heavy atom. The molecule has 7 nitrogen and oxygen atoms in total. The fraction of sp³-hybridized carbons (Fsp3) is 0.600. The fourth-order valence-corrected chi connectivity index (χ4v) is 4.87. The van der Waals surface area contributed by atoms with Crippen molar-refractivity contribution in [3.8, 4) is 0 Å². The molecule has 2 aliphatic heterocycles. The number of nitrogens with zero attached hydrogens (tertiary/aromatic N) is 2. The molecule has 180 valence electrons. The summed E-state index contributed by atoms with van der Waals surface area (Å²) in [5, 5.41) is 5.20. The van der Waals surface area contributed by atoms with Gasteiger partial charge in [0.05, 0.1) is 31.4 Å². The third-order valence-electron chi connectivity index (χ3n) is 6.65. The maximum atomic E-state index is 12.9. The van der Waals surface area contributed by atoms with Crippen LogP contribution in [0, 0.1) is 13.8 Å². The van der Waals surface area contributed by atoms with Gasteiger partial charge in [-0.25, -0.2) is 0 Å². The lowest BCUT2D eigenvalue weighted by molar-refractivity contribution is 0.0375. The summed E-state index contributed by atoms with van der Waals surface area (Å²) in [5.74, 6) is 0. The van der Waals surface area contributed by atoms with Gasteiger partial charge >= 0.3 is 0 Å². The van der Waals surface area contributed by atoms with Gasteiger partial charge in [-0.05, 0) is 69.1 Å². The molecule has 0 spiro atoms. The van der Waals surface area contributed by atoms with E-state index in [0.29, 0.717) is 18.2 Å². The molecule has 33 heavy (non-hydrogen) atoms. The molecule has 0 amide bonds. The number of pyridine rings is 1. The molecule has 0 saturated carbocycles. The molecule has 1 aromatic heterocycles. The Hall–Kier alpha value is -2.00. The van der Waals surface area contributed by atoms with Gasteiger partial charge in [-0.1, -0.05) is 12.1 Å². The molecule has 2 aromatic rings. The van der Waals surface area contributed by atoms with E-state index >= 15 is 0 Å². The predicted molar refractivity (Wildman–Crippen MR) is 136 cm³/mol. The average Bonchev–Trinajstić information content (AvgIpc) is 3.33. The largest absolute Gasteiger partial charge is 0.379 e. The highest BCUT2D eigenvalue weighted by molar-refractivity contribution is 7.80. The van der Waals surface area contributed by atoms with Crippen LogP contribution in [0.15, 0.2) is 23.0 Å². The van der Waals surface area contributed by atoms with Crippen LogP contribution in [0.4, 0.5) is 0 Å². The second-order valence-corrected chi connectivity index (χ2v) is 9.55. The zero-order chi connectivity index (χ0) is 23.2. The highest BCUT2D eigenvalue weighted by Gasteiger charge is 2.22. The summed E-state index contributed by atoms with van der Waals surface area (Å²) in [4.78, 5) is 20.6. The minimum atomic E-state index is -0.0522. The van der Waals surface area contributed by atoms with Gasteiger partial charge in [0.2, 0.25) is 0 Å². The summed E-state index contributed by atoms with van der Waals surface area (Å²) in [5.41, 5.74) is 3.82. The molecule has 3 heterocycles. The number of rotatable bonds is 8. The Labute approximate surface area is 201 Å². The van der Waals surface area contributed by atoms with Crippen molar-refractivity contribution in [2.24, 2.45) is 0 Å². The van der Waals surface area contributed by atoms with E-state index in [9.17, 15) is 4.79 Å². The first kappa shape index (κ1) is 24.1. The summed E-state index contributed by atoms with van der Waals surface area (Å²) >= 11 is 5.78. The van der Waals surface area contributed by atoms with Crippen molar-refractivity contribution in [1.29, 1.82) is 0 Å². The molecule has 0 unspecified atom stereocenters. The monoisotopic (exact) mass is 472 g/mol. The first-order chi connectivity index (χ1) is 16.0. The van der Waals surface area contributed by atoms with Crippen LogP contribution in [0.1, 0.15) is 36.0 Å². The van der Waals surface area contributed by atoms with Gasteiger partial charge in [0.25, 0.3) is 5.56 Å². The van der Waals surface area contributed by atoms with Gasteiger partial charge < -0.3 is 24.7 Å². The number of aromatic amines is 1. The van der Waals surface area contributed by atoms with E-state index in [4.69, 9.17) is 21.7 Å². The number of nitrogens with one attached hydrogen (secondary N) is 2. The first-order valence-electron chi connectivity index (χ1n) is 12.1. The van der Waals surface area contributed by atoms with E-state index in [-0.39, 0.29) is 11.7 Å². The quantitative estimate of drug-likeness (QED) is 0.452. The van der Waals surface area contributed by atoms with Crippen molar-refractivity contribution < 1.29 is 9.47 Å². The summed E-state index contributed by atoms with van der Waals surface area (Å²) < 4.78 is 11.3. The molecule has 0 aliphatic carbocycles. The van der Waals surface area contributed by atoms with Crippen molar-refractivity contribution in [2.75, 3.05) is 52.5 Å². The van der Waals surface area contributed by atoms with Crippen LogP contribution < -0.4 is 10.9 Å². The zero-order valence-electron chi connectivity index (χ0n) is 19.8. The Bertz CT molecular complexity index is 1010. The fourth-order valence-electron chi connectivity index (χ4n) is 4.63. The number of morpholine rings is 1. The minimum absolute atomic E-state index is 0.0522. The van der Waals surface area contributed by atoms with Crippen LogP contribution in [0.25, 0.3) is 10.9 Å². The molecule has 0 bridgehead atoms. The number of fused-ring (bicyclic) bond motifs is 1. The second-order valence-electron chi connectivity index (χ2n) is 9.17. The zero-order valence-corrected chi connectivity index (χ0v) is 20.6. The van der Waals surface area contributed by atoms with Crippen LogP contribution in [0.2, 0.25) is 0 Å². The van der Waals surface area contributed by atoms with Gasteiger partial charge in [-0.15, -0.1) is 0 Å². The second kappa shape index (κ2) is 11.4. The summed E-state index contributed by atoms with van der Waals surface area (Å²) in [7, 11) is 0. The number of hydrogen-bond donors (Lipinski definition) is 2. The maximum Gasteiger partial charge on any atom is 0.253 e. The van der Waals surface area contributed by atoms with Crippen LogP contribution in [-0.2, 0) is 16.0 Å². The van der Waals surface area contributed by atoms with Gasteiger partial charge in [0.15, 0.2) is 5.11 Å². The van der Waals surface area contributed by atoms with Crippen molar-refractivity contribution in [2.45, 2.75) is 45.8 Å². The number of aromatic nitrogens is 1. The van der Waals surface area contributed by atoms with Crippen LogP contribution in [-0.4, -0.2) is 78.5 Å². The molecule has 4 rings (SSSR count). The molecule has 1 atom stereocenters. The number of aryl methyl sites for hydroxylation is 2. The SMILES string of the molecule is Cc1ccc(C)c2[nH]c(=O)c(CN(C[C@H]3CCCO3)C(=S)NCCCN3CCOCC3)cc12. The number of thiocarbonyl (C=S) groups is 1. The summed E-state index contributed by atoms with van der Waals surface area (Å²) in [6.07, 6.45) is 3.28. The van der Waals surface area contributed by atoms with E-state index in [1.54, 1.807) is 0 Å². The Balaban J connectivity index is 1.43. The van der Waals surface area contributed by atoms with Crippen LogP contribution in [0.5, 0.6) is 0 Å². The van der Waals surface area contributed by atoms with E-state index in [2.05, 4.69) is 33.1 Å². The highest BCUT2D eigenvalue weighted by Crippen LogP contribution is 2.21. The molecule has 2 fully saturated rings. The van der Waals surface area contributed by atoms with Gasteiger partial charge in [-0.2, -0.15) is 0 Å². The summed E-state index contributed by atoms with van der Waals surface area (Å²) in [6, 6.07) is 6.18. The first-order valence-corrected chi connectivity index (χ1v) is 12.5. The van der Waals surface area contributed by atoms with E-state index in [1.807, 2.05) is 19.1 Å². The maximum absolute atomic E-state index is 12.9. The Kier molecular flexibility index (Phi) is 8.35. The average molecular weight is 473 g/mol. The molecule has 2 saturated heterocycles. The Morgan fingerprint density at radius 1 is 1.24 bits per heavy atom. The smallest absolute Gasteiger partial charge is 0.253 e. The predicted octanol–water partition coefficient (Wildman–Crippen LogP) is 2.72. The third kappa shape index (κ3) is 6.32. The van der Waals surface area contributed by atoms with E-state index in [1.165, 1.54) is 0 Å². The number of hydrogen-bond acceptors (Lipinski definition) is 5. The van der Waals surface area contributed by atoms with Gasteiger partial charge in [-0.3, -0.25) is 9.69 Å². The highest BCUT2D eigenvalue weighted by atomic mass is 32.1. The number of benzene rings is 1. The number of ether oxygens (including phenoxy) is 2. The van der Waals surface area contributed by atoms with Crippen molar-refractivity contribution in [3.05, 3.63) is 45.2 Å². The topological polar surface area (TPSA) is 69.8 Å². The molecule has 8 heteroatoms.